The number of halogens is 2. The van der Waals surface area contributed by atoms with E-state index in [2.05, 4.69) is 29.3 Å². The van der Waals surface area contributed by atoms with Gasteiger partial charge in [-0.25, -0.2) is 5.43 Å². The van der Waals surface area contributed by atoms with Crippen LogP contribution in [-0.2, 0) is 4.79 Å². The minimum Gasteiger partial charge on any atom is -0.507 e. The summed E-state index contributed by atoms with van der Waals surface area (Å²) in [5, 5.41) is 14.0. The van der Waals surface area contributed by atoms with E-state index >= 15 is 0 Å². The highest BCUT2D eigenvalue weighted by Gasteiger charge is 2.68. The molecule has 1 fully saturated rings. The number of hydrazone groups is 1. The van der Waals surface area contributed by atoms with Gasteiger partial charge >= 0.3 is 0 Å². The molecule has 7 heteroatoms. The predicted octanol–water partition coefficient (Wildman–Crippen LogP) is 3.27. The number of hydrogen-bond donors (Lipinski definition) is 2. The molecular formula is C16H21Cl2N3O2. The quantitative estimate of drug-likeness (QED) is 0.466. The fourth-order valence-electron chi connectivity index (χ4n) is 2.36. The fraction of sp³-hybridized carbons (Fsp3) is 0.500. The summed E-state index contributed by atoms with van der Waals surface area (Å²) in [4.78, 5) is 14.1. The van der Waals surface area contributed by atoms with Gasteiger partial charge in [0, 0.05) is 30.4 Å². The average Bonchev–Trinajstić information content (AvgIpc) is 3.02. The normalized spacial score (nSPS) is 22.1. The van der Waals surface area contributed by atoms with Crippen molar-refractivity contribution in [1.82, 2.24) is 5.43 Å². The number of aromatic hydroxyl groups is 1. The Morgan fingerprint density at radius 2 is 2.04 bits per heavy atom. The summed E-state index contributed by atoms with van der Waals surface area (Å²) in [6, 6.07) is 5.34. The van der Waals surface area contributed by atoms with Crippen molar-refractivity contribution < 1.29 is 9.90 Å². The molecule has 1 aromatic carbocycles. The van der Waals surface area contributed by atoms with Crippen molar-refractivity contribution in [2.24, 2.45) is 10.5 Å². The first-order valence-corrected chi connectivity index (χ1v) is 8.30. The van der Waals surface area contributed by atoms with Crippen LogP contribution in [0.3, 0.4) is 0 Å². The molecule has 126 valence electrons. The van der Waals surface area contributed by atoms with Crippen LogP contribution in [0.1, 0.15) is 32.8 Å². The molecule has 2 rings (SSSR count). The van der Waals surface area contributed by atoms with Crippen molar-refractivity contribution in [3.63, 3.8) is 0 Å². The van der Waals surface area contributed by atoms with Crippen LogP contribution in [0.2, 0.25) is 0 Å². The van der Waals surface area contributed by atoms with Gasteiger partial charge in [-0.3, -0.25) is 4.79 Å². The second-order valence-corrected chi connectivity index (χ2v) is 7.31. The summed E-state index contributed by atoms with van der Waals surface area (Å²) in [6.07, 6.45) is 1.80. The lowest BCUT2D eigenvalue weighted by molar-refractivity contribution is -0.125. The van der Waals surface area contributed by atoms with E-state index in [1.807, 2.05) is 6.07 Å². The van der Waals surface area contributed by atoms with Crippen molar-refractivity contribution in [1.29, 1.82) is 0 Å². The zero-order valence-electron chi connectivity index (χ0n) is 13.4. The van der Waals surface area contributed by atoms with Gasteiger partial charge in [0.1, 0.15) is 10.1 Å². The molecule has 0 bridgehead atoms. The van der Waals surface area contributed by atoms with Crippen molar-refractivity contribution in [2.45, 2.75) is 31.5 Å². The summed E-state index contributed by atoms with van der Waals surface area (Å²) in [5.74, 6) is -0.230. The summed E-state index contributed by atoms with van der Waals surface area (Å²) in [7, 11) is 0. The topological polar surface area (TPSA) is 64.9 Å². The SMILES string of the molecule is CCN(CC)c1ccc(C=NNC(=O)C2(C)CC2(Cl)Cl)c(O)c1. The third kappa shape index (κ3) is 3.56. The minimum absolute atomic E-state index is 0.106. The molecule has 1 aliphatic carbocycles. The maximum absolute atomic E-state index is 12.0. The zero-order valence-corrected chi connectivity index (χ0v) is 14.9. The molecule has 0 aliphatic heterocycles. The second-order valence-electron chi connectivity index (χ2n) is 5.83. The number of hydrogen-bond acceptors (Lipinski definition) is 4. The van der Waals surface area contributed by atoms with Gasteiger partial charge in [0.2, 0.25) is 5.91 Å². The van der Waals surface area contributed by atoms with Crippen molar-refractivity contribution in [3.8, 4) is 5.75 Å². The first-order valence-electron chi connectivity index (χ1n) is 7.54. The Kier molecular flexibility index (Phi) is 5.11. The predicted molar refractivity (Wildman–Crippen MR) is 94.6 cm³/mol. The number of anilines is 1. The lowest BCUT2D eigenvalue weighted by Crippen LogP contribution is -2.29. The highest BCUT2D eigenvalue weighted by Crippen LogP contribution is 2.63. The maximum atomic E-state index is 12.0. The van der Waals surface area contributed by atoms with Gasteiger partial charge < -0.3 is 10.0 Å². The largest absolute Gasteiger partial charge is 0.507 e. The van der Waals surface area contributed by atoms with Crippen LogP contribution < -0.4 is 10.3 Å². The van der Waals surface area contributed by atoms with Crippen LogP contribution in [0.5, 0.6) is 5.75 Å². The molecule has 0 heterocycles. The van der Waals surface area contributed by atoms with Crippen LogP contribution in [-0.4, -0.2) is 34.7 Å². The molecule has 0 aromatic heterocycles. The van der Waals surface area contributed by atoms with E-state index < -0.39 is 9.75 Å². The summed E-state index contributed by atoms with van der Waals surface area (Å²) >= 11 is 11.9. The van der Waals surface area contributed by atoms with E-state index in [4.69, 9.17) is 23.2 Å². The zero-order chi connectivity index (χ0) is 17.3. The Labute approximate surface area is 146 Å². The summed E-state index contributed by atoms with van der Waals surface area (Å²) < 4.78 is -1.03. The molecule has 23 heavy (non-hydrogen) atoms. The molecule has 1 unspecified atom stereocenters. The number of nitrogens with zero attached hydrogens (tertiary/aromatic N) is 2. The maximum Gasteiger partial charge on any atom is 0.249 e. The number of carbonyl (C=O) groups is 1. The molecule has 1 amide bonds. The van der Waals surface area contributed by atoms with Gasteiger partial charge in [-0.1, -0.05) is 0 Å². The van der Waals surface area contributed by atoms with Crippen LogP contribution in [0, 0.1) is 5.41 Å². The van der Waals surface area contributed by atoms with Crippen LogP contribution in [0.15, 0.2) is 23.3 Å². The van der Waals surface area contributed by atoms with E-state index in [0.29, 0.717) is 12.0 Å². The van der Waals surface area contributed by atoms with E-state index in [0.717, 1.165) is 18.8 Å². The van der Waals surface area contributed by atoms with Crippen LogP contribution in [0.4, 0.5) is 5.69 Å². The lowest BCUT2D eigenvalue weighted by atomic mass is 10.1. The molecule has 1 aromatic rings. The number of phenolic OH excluding ortho intramolecular Hbond substituents is 1. The lowest BCUT2D eigenvalue weighted by Gasteiger charge is -2.21. The number of rotatable bonds is 6. The van der Waals surface area contributed by atoms with E-state index in [1.165, 1.54) is 6.21 Å². The molecule has 5 nitrogen and oxygen atoms in total. The Morgan fingerprint density at radius 3 is 2.52 bits per heavy atom. The van der Waals surface area contributed by atoms with Crippen LogP contribution in [0.25, 0.3) is 0 Å². The summed E-state index contributed by atoms with van der Waals surface area (Å²) in [5.41, 5.74) is 3.06. The number of nitrogens with one attached hydrogen (secondary N) is 1. The highest BCUT2D eigenvalue weighted by atomic mass is 35.5. The third-order valence-electron chi connectivity index (χ3n) is 4.27. The molecule has 0 radical (unpaired) electrons. The molecular weight excluding hydrogens is 337 g/mol. The number of benzene rings is 1. The molecule has 0 saturated heterocycles. The first kappa shape index (κ1) is 17.9. The average molecular weight is 358 g/mol. The Balaban J connectivity index is 2.02. The molecule has 1 aliphatic rings. The van der Waals surface area contributed by atoms with Crippen molar-refractivity contribution >= 4 is 41.0 Å². The number of amides is 1. The highest BCUT2D eigenvalue weighted by molar-refractivity contribution is 6.53. The monoisotopic (exact) mass is 357 g/mol. The number of alkyl halides is 2. The Hall–Kier alpha value is -1.46. The van der Waals surface area contributed by atoms with Gasteiger partial charge in [0.25, 0.3) is 0 Å². The molecule has 1 saturated carbocycles. The van der Waals surface area contributed by atoms with Crippen molar-refractivity contribution in [3.05, 3.63) is 23.8 Å². The third-order valence-corrected chi connectivity index (χ3v) is 5.37. The summed E-state index contributed by atoms with van der Waals surface area (Å²) in [6.45, 7) is 7.51. The Bertz CT molecular complexity index is 630. The standard InChI is InChI=1S/C16H21Cl2N3O2/c1-4-21(5-2)12-7-6-11(13(22)8-12)9-19-20-14(23)15(3)10-16(15,17)18/h6-9,22H,4-5,10H2,1-3H3,(H,20,23). The number of carbonyl (C=O) groups excluding carboxylic acids is 1. The van der Waals surface area contributed by atoms with Gasteiger partial charge in [0.15, 0.2) is 0 Å². The van der Waals surface area contributed by atoms with E-state index in [1.54, 1.807) is 19.1 Å². The molecule has 2 N–H and O–H groups in total. The van der Waals surface area contributed by atoms with E-state index in [9.17, 15) is 9.90 Å². The number of phenols is 1. The van der Waals surface area contributed by atoms with Gasteiger partial charge in [-0.15, -0.1) is 23.2 Å². The second kappa shape index (κ2) is 6.57. The van der Waals surface area contributed by atoms with Gasteiger partial charge in [0.05, 0.1) is 11.6 Å². The smallest absolute Gasteiger partial charge is 0.249 e. The van der Waals surface area contributed by atoms with E-state index in [-0.39, 0.29) is 11.7 Å². The van der Waals surface area contributed by atoms with Crippen LogP contribution >= 0.6 is 23.2 Å². The molecule has 1 atom stereocenters. The van der Waals surface area contributed by atoms with Crippen molar-refractivity contribution in [2.75, 3.05) is 18.0 Å². The van der Waals surface area contributed by atoms with Gasteiger partial charge in [-0.05, 0) is 39.3 Å². The fourth-order valence-corrected chi connectivity index (χ4v) is 3.06. The van der Waals surface area contributed by atoms with Gasteiger partial charge in [-0.2, -0.15) is 5.10 Å². The Morgan fingerprint density at radius 1 is 1.43 bits per heavy atom. The first-order chi connectivity index (χ1) is 10.7. The molecule has 0 spiro atoms. The minimum atomic E-state index is -1.03.